The van der Waals surface area contributed by atoms with Gasteiger partial charge in [-0.2, -0.15) is 5.26 Å². The average molecular weight is 327 g/mol. The Morgan fingerprint density at radius 3 is 2.69 bits per heavy atom. The minimum absolute atomic E-state index is 0.0604. The maximum absolute atomic E-state index is 12.0. The van der Waals surface area contributed by atoms with Gasteiger partial charge in [0.1, 0.15) is 5.92 Å². The predicted octanol–water partition coefficient (Wildman–Crippen LogP) is 3.66. The zero-order valence-corrected chi connectivity index (χ0v) is 11.6. The fourth-order valence-electron chi connectivity index (χ4n) is 1.53. The van der Waals surface area contributed by atoms with Gasteiger partial charge in [0.25, 0.3) is 0 Å². The van der Waals surface area contributed by atoms with Crippen molar-refractivity contribution in [2.45, 2.75) is 20.3 Å². The Hall–Kier alpha value is -0.890. The maximum atomic E-state index is 12.0. The van der Waals surface area contributed by atoms with E-state index in [0.29, 0.717) is 17.9 Å². The van der Waals surface area contributed by atoms with E-state index in [1.54, 1.807) is 6.07 Å². The van der Waals surface area contributed by atoms with Crippen molar-refractivity contribution in [3.8, 4) is 6.07 Å². The molecule has 1 aromatic carbocycles. The Kier molecular flexibility index (Phi) is 4.94. The summed E-state index contributed by atoms with van der Waals surface area (Å²) in [7, 11) is 0. The molecule has 0 saturated heterocycles. The fourth-order valence-corrected chi connectivity index (χ4v) is 2.08. The zero-order valence-electron chi connectivity index (χ0n) is 9.40. The van der Waals surface area contributed by atoms with Gasteiger partial charge in [-0.3, -0.25) is 4.79 Å². The van der Waals surface area contributed by atoms with Crippen molar-refractivity contribution in [1.29, 1.82) is 5.26 Å². The van der Waals surface area contributed by atoms with E-state index < -0.39 is 5.92 Å². The third kappa shape index (κ3) is 3.60. The monoisotopic (exact) mass is 327 g/mol. The predicted molar refractivity (Wildman–Crippen MR) is 72.0 cm³/mol. The van der Waals surface area contributed by atoms with Gasteiger partial charge in [0.05, 0.1) is 6.07 Å². The Bertz CT molecular complexity index is 420. The summed E-state index contributed by atoms with van der Waals surface area (Å²) in [4.78, 5) is 12.0. The van der Waals surface area contributed by atoms with Crippen LogP contribution in [-0.4, -0.2) is 5.78 Å². The van der Waals surface area contributed by atoms with Crippen molar-refractivity contribution < 1.29 is 4.79 Å². The lowest BCUT2D eigenvalue weighted by Gasteiger charge is -2.10. The molecule has 3 heteroatoms. The van der Waals surface area contributed by atoms with Gasteiger partial charge < -0.3 is 0 Å². The van der Waals surface area contributed by atoms with E-state index in [4.69, 9.17) is 5.26 Å². The first-order valence-corrected chi connectivity index (χ1v) is 6.32. The second-order valence-corrected chi connectivity index (χ2v) is 5.43. The highest BCUT2D eigenvalue weighted by Crippen LogP contribution is 2.18. The molecule has 0 bridgehead atoms. The first-order valence-electron chi connectivity index (χ1n) is 5.24. The lowest BCUT2D eigenvalue weighted by molar-refractivity contribution is 0.0937. The van der Waals surface area contributed by atoms with Gasteiger partial charge in [-0.15, -0.1) is 0 Å². The number of carbonyl (C=O) groups excluding carboxylic acids is 1. The minimum atomic E-state index is -0.516. The molecule has 84 valence electrons. The Morgan fingerprint density at radius 1 is 1.50 bits per heavy atom. The molecule has 1 rings (SSSR count). The van der Waals surface area contributed by atoms with Gasteiger partial charge >= 0.3 is 0 Å². The molecule has 0 N–H and O–H groups in total. The van der Waals surface area contributed by atoms with Crippen molar-refractivity contribution in [1.82, 2.24) is 0 Å². The van der Waals surface area contributed by atoms with Crippen LogP contribution < -0.4 is 0 Å². The molecule has 0 spiro atoms. The standard InChI is InChI=1S/C13H14INO/c1-9(2)6-11(8-15)13(16)10-4-3-5-12(14)7-10/h3-5,7,9,11H,6H2,1-2H3. The highest BCUT2D eigenvalue weighted by atomic mass is 127. The molecular weight excluding hydrogens is 313 g/mol. The van der Waals surface area contributed by atoms with E-state index in [2.05, 4.69) is 28.7 Å². The number of ketones is 1. The number of hydrogen-bond acceptors (Lipinski definition) is 2. The molecule has 0 saturated carbocycles. The van der Waals surface area contributed by atoms with E-state index in [-0.39, 0.29) is 5.78 Å². The summed E-state index contributed by atoms with van der Waals surface area (Å²) in [6.45, 7) is 4.04. The molecule has 2 nitrogen and oxygen atoms in total. The topological polar surface area (TPSA) is 40.9 Å². The summed E-state index contributed by atoms with van der Waals surface area (Å²) < 4.78 is 1.02. The van der Waals surface area contributed by atoms with Crippen LogP contribution in [0.2, 0.25) is 0 Å². The molecule has 16 heavy (non-hydrogen) atoms. The van der Waals surface area contributed by atoms with Gasteiger partial charge in [-0.05, 0) is 47.1 Å². The number of halogens is 1. The van der Waals surface area contributed by atoms with E-state index >= 15 is 0 Å². The highest BCUT2D eigenvalue weighted by Gasteiger charge is 2.20. The molecule has 0 fully saturated rings. The number of rotatable bonds is 4. The molecular formula is C13H14INO. The zero-order chi connectivity index (χ0) is 12.1. The van der Waals surface area contributed by atoms with Crippen molar-refractivity contribution in [3.05, 3.63) is 33.4 Å². The van der Waals surface area contributed by atoms with Crippen LogP contribution in [0, 0.1) is 26.7 Å². The van der Waals surface area contributed by atoms with E-state index in [0.717, 1.165) is 3.57 Å². The summed E-state index contributed by atoms with van der Waals surface area (Å²) in [6, 6.07) is 9.48. The van der Waals surface area contributed by atoms with Gasteiger partial charge in [0.15, 0.2) is 5.78 Å². The van der Waals surface area contributed by atoms with Crippen LogP contribution in [0.25, 0.3) is 0 Å². The molecule has 0 aliphatic rings. The molecule has 0 aliphatic heterocycles. The van der Waals surface area contributed by atoms with Crippen LogP contribution >= 0.6 is 22.6 Å². The van der Waals surface area contributed by atoms with Crippen LogP contribution in [0.3, 0.4) is 0 Å². The molecule has 0 aliphatic carbocycles. The lowest BCUT2D eigenvalue weighted by atomic mass is 9.91. The lowest BCUT2D eigenvalue weighted by Crippen LogP contribution is -2.15. The normalized spacial score (nSPS) is 12.2. The largest absolute Gasteiger partial charge is 0.293 e. The molecule has 1 unspecified atom stereocenters. The Morgan fingerprint density at radius 2 is 2.19 bits per heavy atom. The summed E-state index contributed by atoms with van der Waals surface area (Å²) in [5, 5.41) is 9.00. The van der Waals surface area contributed by atoms with Crippen molar-refractivity contribution >= 4 is 28.4 Å². The number of nitriles is 1. The highest BCUT2D eigenvalue weighted by molar-refractivity contribution is 14.1. The third-order valence-electron chi connectivity index (χ3n) is 2.29. The van der Waals surface area contributed by atoms with E-state index in [1.165, 1.54) is 0 Å². The SMILES string of the molecule is CC(C)CC(C#N)C(=O)c1cccc(I)c1. The Labute approximate surface area is 110 Å². The molecule has 0 aromatic heterocycles. The molecule has 0 radical (unpaired) electrons. The minimum Gasteiger partial charge on any atom is -0.293 e. The quantitative estimate of drug-likeness (QED) is 0.625. The van der Waals surface area contributed by atoms with Crippen LogP contribution in [0.15, 0.2) is 24.3 Å². The number of carbonyl (C=O) groups is 1. The first kappa shape index (κ1) is 13.2. The number of Topliss-reactive ketones (excluding diaryl/α,β-unsaturated/α-hetero) is 1. The summed E-state index contributed by atoms with van der Waals surface area (Å²) in [5.41, 5.74) is 0.638. The average Bonchev–Trinajstić information content (AvgIpc) is 2.24. The van der Waals surface area contributed by atoms with Crippen molar-refractivity contribution in [2.75, 3.05) is 0 Å². The van der Waals surface area contributed by atoms with Gasteiger partial charge in [0.2, 0.25) is 0 Å². The van der Waals surface area contributed by atoms with Crippen LogP contribution in [-0.2, 0) is 0 Å². The smallest absolute Gasteiger partial charge is 0.180 e. The second kappa shape index (κ2) is 6.00. The maximum Gasteiger partial charge on any atom is 0.180 e. The third-order valence-corrected chi connectivity index (χ3v) is 2.96. The fraction of sp³-hybridized carbons (Fsp3) is 0.385. The number of nitrogens with zero attached hydrogens (tertiary/aromatic N) is 1. The van der Waals surface area contributed by atoms with Crippen molar-refractivity contribution in [3.63, 3.8) is 0 Å². The molecule has 1 aromatic rings. The number of benzene rings is 1. The summed E-state index contributed by atoms with van der Waals surface area (Å²) >= 11 is 2.16. The van der Waals surface area contributed by atoms with Gasteiger partial charge in [-0.1, -0.05) is 26.0 Å². The summed E-state index contributed by atoms with van der Waals surface area (Å²) in [6.07, 6.45) is 0.626. The van der Waals surface area contributed by atoms with Crippen LogP contribution in [0.1, 0.15) is 30.6 Å². The number of hydrogen-bond donors (Lipinski definition) is 0. The second-order valence-electron chi connectivity index (χ2n) is 4.19. The van der Waals surface area contributed by atoms with Crippen LogP contribution in [0.4, 0.5) is 0 Å². The van der Waals surface area contributed by atoms with Gasteiger partial charge in [-0.25, -0.2) is 0 Å². The molecule has 1 atom stereocenters. The first-order chi connectivity index (χ1) is 7.54. The van der Waals surface area contributed by atoms with Gasteiger partial charge in [0, 0.05) is 9.13 Å². The Balaban J connectivity index is 2.88. The van der Waals surface area contributed by atoms with Crippen molar-refractivity contribution in [2.24, 2.45) is 11.8 Å². The molecule has 0 heterocycles. The van der Waals surface area contributed by atoms with E-state index in [1.807, 2.05) is 32.0 Å². The van der Waals surface area contributed by atoms with E-state index in [9.17, 15) is 4.79 Å². The van der Waals surface area contributed by atoms with Crippen LogP contribution in [0.5, 0.6) is 0 Å². The molecule has 0 amide bonds. The summed E-state index contributed by atoms with van der Waals surface area (Å²) in [5.74, 6) is -0.218.